The molecule has 1 aromatic carbocycles. The van der Waals surface area contributed by atoms with Gasteiger partial charge in [-0.25, -0.2) is 0 Å². The lowest BCUT2D eigenvalue weighted by Crippen LogP contribution is -2.06. The van der Waals surface area contributed by atoms with E-state index >= 15 is 0 Å². The summed E-state index contributed by atoms with van der Waals surface area (Å²) in [5, 5.41) is 7.63. The van der Waals surface area contributed by atoms with Crippen molar-refractivity contribution in [2.45, 2.75) is 6.54 Å². The van der Waals surface area contributed by atoms with Gasteiger partial charge in [-0.05, 0) is 30.4 Å². The Morgan fingerprint density at radius 3 is 3.06 bits per heavy atom. The van der Waals surface area contributed by atoms with Crippen molar-refractivity contribution in [1.29, 1.82) is 0 Å². The van der Waals surface area contributed by atoms with Gasteiger partial charge in [-0.3, -0.25) is 9.67 Å². The van der Waals surface area contributed by atoms with Gasteiger partial charge in [0, 0.05) is 17.1 Å². The second-order valence-electron chi connectivity index (χ2n) is 3.62. The van der Waals surface area contributed by atoms with E-state index in [1.807, 2.05) is 22.8 Å². The minimum atomic E-state index is 0.554. The van der Waals surface area contributed by atoms with Gasteiger partial charge in [0.2, 0.25) is 0 Å². The lowest BCUT2D eigenvalue weighted by atomic mass is 10.2. The third kappa shape index (κ3) is 2.83. The highest BCUT2D eigenvalue weighted by molar-refractivity contribution is 9.10. The smallest absolute Gasteiger partial charge is 0.195 e. The topological polar surface area (TPSA) is 42.8 Å². The van der Waals surface area contributed by atoms with E-state index in [0.29, 0.717) is 28.8 Å². The average Bonchev–Trinajstić information content (AvgIpc) is 2.71. The Hall–Kier alpha value is -0.690. The van der Waals surface area contributed by atoms with Crippen molar-refractivity contribution < 1.29 is 4.74 Å². The molecule has 0 saturated heterocycles. The summed E-state index contributed by atoms with van der Waals surface area (Å²) in [6.07, 6.45) is 0. The Balaban J connectivity index is 2.50. The zero-order chi connectivity index (χ0) is 13.1. The second-order valence-corrected chi connectivity index (χ2v) is 5.33. The first-order valence-corrected chi connectivity index (χ1v) is 6.81. The van der Waals surface area contributed by atoms with Crippen molar-refractivity contribution in [2.75, 3.05) is 13.7 Å². The van der Waals surface area contributed by atoms with Gasteiger partial charge in [-0.1, -0.05) is 27.5 Å². The van der Waals surface area contributed by atoms with Crippen LogP contribution in [0.3, 0.4) is 0 Å². The van der Waals surface area contributed by atoms with Crippen LogP contribution in [0.4, 0.5) is 0 Å². The van der Waals surface area contributed by atoms with Crippen LogP contribution in [-0.2, 0) is 11.3 Å². The van der Waals surface area contributed by atoms with E-state index in [4.69, 9.17) is 28.6 Å². The Kier molecular flexibility index (Phi) is 4.55. The van der Waals surface area contributed by atoms with Crippen molar-refractivity contribution >= 4 is 39.7 Å². The SMILES string of the molecule is COCCn1c(-c2cc(Br)ccc2Cl)n[nH]c1=S. The molecule has 2 rings (SSSR count). The van der Waals surface area contributed by atoms with Gasteiger partial charge in [0.15, 0.2) is 10.6 Å². The third-order valence-corrected chi connectivity index (χ3v) is 3.58. The highest BCUT2D eigenvalue weighted by Gasteiger charge is 2.12. The Bertz CT molecular complexity index is 611. The van der Waals surface area contributed by atoms with Gasteiger partial charge in [-0.15, -0.1) is 0 Å². The van der Waals surface area contributed by atoms with Crippen molar-refractivity contribution in [3.05, 3.63) is 32.5 Å². The molecular formula is C11H11BrClN3OS. The predicted molar refractivity (Wildman–Crippen MR) is 77.4 cm³/mol. The Morgan fingerprint density at radius 1 is 1.56 bits per heavy atom. The highest BCUT2D eigenvalue weighted by atomic mass is 79.9. The predicted octanol–water partition coefficient (Wildman–Crippen LogP) is 3.67. The largest absolute Gasteiger partial charge is 0.383 e. The van der Waals surface area contributed by atoms with Crippen LogP contribution in [0.5, 0.6) is 0 Å². The zero-order valence-electron chi connectivity index (χ0n) is 9.61. The summed E-state index contributed by atoms with van der Waals surface area (Å²) in [5.74, 6) is 0.711. The number of aromatic amines is 1. The van der Waals surface area contributed by atoms with E-state index < -0.39 is 0 Å². The van der Waals surface area contributed by atoms with Gasteiger partial charge in [-0.2, -0.15) is 5.10 Å². The number of hydrogen-bond donors (Lipinski definition) is 1. The third-order valence-electron chi connectivity index (χ3n) is 2.45. The number of methoxy groups -OCH3 is 1. The fraction of sp³-hybridized carbons (Fsp3) is 0.273. The Morgan fingerprint density at radius 2 is 2.33 bits per heavy atom. The lowest BCUT2D eigenvalue weighted by Gasteiger charge is -2.08. The zero-order valence-corrected chi connectivity index (χ0v) is 12.8. The van der Waals surface area contributed by atoms with Crippen LogP contribution in [0.15, 0.2) is 22.7 Å². The number of H-pyrrole nitrogens is 1. The van der Waals surface area contributed by atoms with E-state index in [2.05, 4.69) is 26.1 Å². The van der Waals surface area contributed by atoms with E-state index in [1.54, 1.807) is 7.11 Å². The average molecular weight is 349 g/mol. The lowest BCUT2D eigenvalue weighted by molar-refractivity contribution is 0.187. The maximum atomic E-state index is 6.19. The van der Waals surface area contributed by atoms with Crippen LogP contribution < -0.4 is 0 Å². The summed E-state index contributed by atoms with van der Waals surface area (Å²) in [5.41, 5.74) is 0.828. The minimum absolute atomic E-state index is 0.554. The maximum absolute atomic E-state index is 6.19. The molecule has 4 nitrogen and oxygen atoms in total. The Labute approximate surface area is 123 Å². The summed E-state index contributed by atoms with van der Waals surface area (Å²) < 4.78 is 8.42. The molecule has 0 spiro atoms. The van der Waals surface area contributed by atoms with Gasteiger partial charge >= 0.3 is 0 Å². The van der Waals surface area contributed by atoms with Gasteiger partial charge in [0.05, 0.1) is 18.2 Å². The first kappa shape index (κ1) is 13.7. The van der Waals surface area contributed by atoms with Gasteiger partial charge in [0.25, 0.3) is 0 Å². The fourth-order valence-electron chi connectivity index (χ4n) is 1.58. The van der Waals surface area contributed by atoms with Crippen molar-refractivity contribution in [3.63, 3.8) is 0 Å². The molecular weight excluding hydrogens is 338 g/mol. The maximum Gasteiger partial charge on any atom is 0.195 e. The molecule has 0 atom stereocenters. The number of nitrogens with zero attached hydrogens (tertiary/aromatic N) is 2. The van der Waals surface area contributed by atoms with Crippen LogP contribution in [0.25, 0.3) is 11.4 Å². The molecule has 0 amide bonds. The molecule has 0 bridgehead atoms. The number of rotatable bonds is 4. The van der Waals surface area contributed by atoms with E-state index in [-0.39, 0.29) is 0 Å². The summed E-state index contributed by atoms with van der Waals surface area (Å²) >= 11 is 14.8. The van der Waals surface area contributed by atoms with Crippen molar-refractivity contribution in [1.82, 2.24) is 14.8 Å². The van der Waals surface area contributed by atoms with Crippen LogP contribution in [0.2, 0.25) is 5.02 Å². The number of benzene rings is 1. The summed E-state index contributed by atoms with van der Waals surface area (Å²) in [6, 6.07) is 5.61. The van der Waals surface area contributed by atoms with E-state index in [1.165, 1.54) is 0 Å². The molecule has 0 unspecified atom stereocenters. The minimum Gasteiger partial charge on any atom is -0.383 e. The van der Waals surface area contributed by atoms with Crippen molar-refractivity contribution in [2.24, 2.45) is 0 Å². The van der Waals surface area contributed by atoms with Gasteiger partial charge < -0.3 is 4.74 Å². The number of aromatic nitrogens is 3. The van der Waals surface area contributed by atoms with E-state index in [9.17, 15) is 0 Å². The molecule has 0 aliphatic heterocycles. The number of hydrogen-bond acceptors (Lipinski definition) is 3. The molecule has 18 heavy (non-hydrogen) atoms. The molecule has 1 N–H and O–H groups in total. The molecule has 0 radical (unpaired) electrons. The van der Waals surface area contributed by atoms with Crippen LogP contribution in [-0.4, -0.2) is 28.5 Å². The van der Waals surface area contributed by atoms with Gasteiger partial charge in [0.1, 0.15) is 0 Å². The molecule has 1 aromatic heterocycles. The number of ether oxygens (including phenoxy) is 1. The number of halogens is 2. The summed E-state index contributed by atoms with van der Waals surface area (Å²) in [7, 11) is 1.65. The molecule has 1 heterocycles. The number of nitrogens with one attached hydrogen (secondary N) is 1. The molecule has 7 heteroatoms. The molecule has 0 fully saturated rings. The van der Waals surface area contributed by atoms with Crippen LogP contribution in [0.1, 0.15) is 0 Å². The summed E-state index contributed by atoms with van der Waals surface area (Å²) in [6.45, 7) is 1.19. The second kappa shape index (κ2) is 5.97. The monoisotopic (exact) mass is 347 g/mol. The first-order chi connectivity index (χ1) is 8.63. The summed E-state index contributed by atoms with van der Waals surface area (Å²) in [4.78, 5) is 0. The fourth-order valence-corrected chi connectivity index (χ4v) is 2.37. The molecule has 0 aliphatic carbocycles. The molecule has 2 aromatic rings. The van der Waals surface area contributed by atoms with Crippen LogP contribution in [0, 0.1) is 4.77 Å². The van der Waals surface area contributed by atoms with Crippen LogP contribution >= 0.6 is 39.7 Å². The standard InChI is InChI=1S/C11H11BrClN3OS/c1-17-5-4-16-10(14-15-11(16)18)8-6-7(12)2-3-9(8)13/h2-3,6H,4-5H2,1H3,(H,15,18). The quantitative estimate of drug-likeness (QED) is 0.857. The van der Waals surface area contributed by atoms with E-state index in [0.717, 1.165) is 10.0 Å². The first-order valence-electron chi connectivity index (χ1n) is 5.23. The normalized spacial score (nSPS) is 10.8. The molecule has 0 aliphatic rings. The molecule has 96 valence electrons. The van der Waals surface area contributed by atoms with Crippen molar-refractivity contribution in [3.8, 4) is 11.4 Å². The highest BCUT2D eigenvalue weighted by Crippen LogP contribution is 2.29. The molecule has 0 saturated carbocycles.